The monoisotopic (exact) mass is 425 g/mol. The van der Waals surface area contributed by atoms with E-state index in [1.165, 1.54) is 4.68 Å². The molecule has 0 spiro atoms. The summed E-state index contributed by atoms with van der Waals surface area (Å²) in [6, 6.07) is 25.0. The van der Waals surface area contributed by atoms with Crippen molar-refractivity contribution in [1.82, 2.24) is 9.78 Å². The van der Waals surface area contributed by atoms with Crippen LogP contribution >= 0.6 is 0 Å². The summed E-state index contributed by atoms with van der Waals surface area (Å²) in [5.74, 6) is -0.323. The van der Waals surface area contributed by atoms with E-state index < -0.39 is 0 Å². The van der Waals surface area contributed by atoms with Gasteiger partial charge in [0, 0.05) is 17.6 Å². The van der Waals surface area contributed by atoms with Crippen LogP contribution in [0.4, 0.5) is 5.69 Å². The lowest BCUT2D eigenvalue weighted by molar-refractivity contribution is 0.102. The molecule has 1 heterocycles. The third-order valence-corrected chi connectivity index (χ3v) is 5.56. The van der Waals surface area contributed by atoms with E-state index in [0.29, 0.717) is 23.0 Å². The number of hydrogen-bond acceptors (Lipinski definition) is 3. The van der Waals surface area contributed by atoms with Crippen molar-refractivity contribution in [2.75, 3.05) is 5.32 Å². The van der Waals surface area contributed by atoms with Crippen molar-refractivity contribution in [1.29, 1.82) is 0 Å². The zero-order valence-electron chi connectivity index (χ0n) is 18.3. The Hall–Kier alpha value is -3.73. The summed E-state index contributed by atoms with van der Waals surface area (Å²) in [6.45, 7) is 2.66. The number of nitrogens with one attached hydrogen (secondary N) is 1. The van der Waals surface area contributed by atoms with Gasteiger partial charge in [-0.3, -0.25) is 9.59 Å². The number of hydrogen-bond donors (Lipinski definition) is 1. The highest BCUT2D eigenvalue weighted by Crippen LogP contribution is 2.22. The van der Waals surface area contributed by atoms with Gasteiger partial charge in [-0.05, 0) is 35.7 Å². The van der Waals surface area contributed by atoms with Crippen LogP contribution in [0, 0.1) is 0 Å². The van der Waals surface area contributed by atoms with Crippen LogP contribution in [-0.2, 0) is 6.54 Å². The highest BCUT2D eigenvalue weighted by molar-refractivity contribution is 6.11. The molecule has 0 atom stereocenters. The third-order valence-electron chi connectivity index (χ3n) is 5.56. The minimum atomic E-state index is -0.323. The lowest BCUT2D eigenvalue weighted by atomic mass is 10.1. The number of carbonyl (C=O) groups excluding carboxylic acids is 1. The second-order valence-corrected chi connectivity index (χ2v) is 7.88. The van der Waals surface area contributed by atoms with E-state index in [2.05, 4.69) is 17.3 Å². The molecule has 4 aromatic rings. The lowest BCUT2D eigenvalue weighted by Crippen LogP contribution is -2.27. The van der Waals surface area contributed by atoms with E-state index >= 15 is 0 Å². The Bertz CT molecular complexity index is 1260. The molecule has 0 unspecified atom stereocenters. The summed E-state index contributed by atoms with van der Waals surface area (Å²) in [7, 11) is 0. The first kappa shape index (κ1) is 21.5. The maximum Gasteiger partial charge on any atom is 0.276 e. The summed E-state index contributed by atoms with van der Waals surface area (Å²) >= 11 is 0. The van der Waals surface area contributed by atoms with Crippen molar-refractivity contribution in [2.24, 2.45) is 0 Å². The number of aryl methyl sites for hydroxylation is 1. The van der Waals surface area contributed by atoms with Gasteiger partial charge < -0.3 is 5.32 Å². The molecule has 0 bridgehead atoms. The molecule has 0 aliphatic carbocycles. The first-order valence-corrected chi connectivity index (χ1v) is 11.1. The van der Waals surface area contributed by atoms with Gasteiger partial charge in [-0.25, -0.2) is 4.68 Å². The number of rotatable bonds is 8. The van der Waals surface area contributed by atoms with Crippen molar-refractivity contribution >= 4 is 22.4 Å². The van der Waals surface area contributed by atoms with Crippen LogP contribution in [0.15, 0.2) is 83.7 Å². The first-order valence-electron chi connectivity index (χ1n) is 11.1. The molecule has 0 radical (unpaired) electrons. The smallest absolute Gasteiger partial charge is 0.276 e. The van der Waals surface area contributed by atoms with Crippen LogP contribution < -0.4 is 10.9 Å². The molecule has 1 aromatic heterocycles. The molecule has 0 aliphatic heterocycles. The Balaban J connectivity index is 1.60. The third kappa shape index (κ3) is 4.78. The number of benzene rings is 3. The van der Waals surface area contributed by atoms with Gasteiger partial charge in [0.1, 0.15) is 0 Å². The summed E-state index contributed by atoms with van der Waals surface area (Å²) in [5, 5.41) is 8.47. The molecule has 4 rings (SSSR count). The van der Waals surface area contributed by atoms with E-state index in [1.54, 1.807) is 12.1 Å². The van der Waals surface area contributed by atoms with Crippen molar-refractivity contribution < 1.29 is 4.79 Å². The molecule has 0 fully saturated rings. The zero-order valence-corrected chi connectivity index (χ0v) is 18.3. The number of nitrogens with zero attached hydrogens (tertiary/aromatic N) is 2. The van der Waals surface area contributed by atoms with Crippen LogP contribution in [0.2, 0.25) is 0 Å². The maximum absolute atomic E-state index is 13.1. The first-order chi connectivity index (χ1) is 15.7. The Morgan fingerprint density at radius 3 is 2.19 bits per heavy atom. The topological polar surface area (TPSA) is 64.0 Å². The number of aromatic nitrogens is 2. The molecule has 1 amide bonds. The van der Waals surface area contributed by atoms with Crippen molar-refractivity contribution in [3.05, 3.63) is 94.9 Å². The van der Waals surface area contributed by atoms with Gasteiger partial charge in [0.2, 0.25) is 0 Å². The zero-order chi connectivity index (χ0) is 22.3. The molecule has 0 saturated carbocycles. The molecule has 0 aliphatic rings. The van der Waals surface area contributed by atoms with Gasteiger partial charge in [0.15, 0.2) is 5.69 Å². The second kappa shape index (κ2) is 10.1. The van der Waals surface area contributed by atoms with Gasteiger partial charge in [-0.1, -0.05) is 86.8 Å². The summed E-state index contributed by atoms with van der Waals surface area (Å²) in [6.07, 6.45) is 4.14. The van der Waals surface area contributed by atoms with Crippen molar-refractivity contribution in [2.45, 2.75) is 39.2 Å². The van der Waals surface area contributed by atoms with E-state index in [0.717, 1.165) is 36.8 Å². The van der Waals surface area contributed by atoms with Crippen molar-refractivity contribution in [3.63, 3.8) is 0 Å². The predicted molar refractivity (Wildman–Crippen MR) is 130 cm³/mol. The van der Waals surface area contributed by atoms with Gasteiger partial charge in [-0.15, -0.1) is 0 Å². The van der Waals surface area contributed by atoms with Gasteiger partial charge in [0.25, 0.3) is 11.5 Å². The highest BCUT2D eigenvalue weighted by Gasteiger charge is 2.17. The molecule has 1 N–H and O–H groups in total. The fourth-order valence-corrected chi connectivity index (χ4v) is 3.81. The molecule has 5 nitrogen and oxygen atoms in total. The van der Waals surface area contributed by atoms with E-state index in [4.69, 9.17) is 0 Å². The SMILES string of the molecule is CCCCCCn1nc(C(=O)Nc2ccc(-c3ccccc3)cc2)c2ccccc2c1=O. The Morgan fingerprint density at radius 2 is 1.47 bits per heavy atom. The highest BCUT2D eigenvalue weighted by atomic mass is 16.2. The van der Waals surface area contributed by atoms with Crippen LogP contribution in [0.25, 0.3) is 21.9 Å². The summed E-state index contributed by atoms with van der Waals surface area (Å²) < 4.78 is 1.44. The van der Waals surface area contributed by atoms with Gasteiger partial charge in [-0.2, -0.15) is 5.10 Å². The van der Waals surface area contributed by atoms with E-state index in [-0.39, 0.29) is 17.2 Å². The van der Waals surface area contributed by atoms with Gasteiger partial charge >= 0.3 is 0 Å². The lowest BCUT2D eigenvalue weighted by Gasteiger charge is -2.12. The Labute approximate surface area is 187 Å². The average molecular weight is 426 g/mol. The van der Waals surface area contributed by atoms with Crippen LogP contribution in [0.5, 0.6) is 0 Å². The number of fused-ring (bicyclic) bond motifs is 1. The molecule has 32 heavy (non-hydrogen) atoms. The number of anilines is 1. The number of amides is 1. The maximum atomic E-state index is 13.1. The Morgan fingerprint density at radius 1 is 0.812 bits per heavy atom. The number of unbranched alkanes of at least 4 members (excludes halogenated alkanes) is 3. The summed E-state index contributed by atoms with van der Waals surface area (Å²) in [5.41, 5.74) is 2.99. The van der Waals surface area contributed by atoms with E-state index in [1.807, 2.05) is 66.7 Å². The van der Waals surface area contributed by atoms with E-state index in [9.17, 15) is 9.59 Å². The fraction of sp³-hybridized carbons (Fsp3) is 0.222. The van der Waals surface area contributed by atoms with Crippen LogP contribution in [0.3, 0.4) is 0 Å². The Kier molecular flexibility index (Phi) is 6.75. The van der Waals surface area contributed by atoms with Gasteiger partial charge in [0.05, 0.1) is 5.39 Å². The second-order valence-electron chi connectivity index (χ2n) is 7.88. The molecule has 0 saturated heterocycles. The molecular formula is C27H27N3O2. The van der Waals surface area contributed by atoms with Crippen LogP contribution in [0.1, 0.15) is 43.1 Å². The quantitative estimate of drug-likeness (QED) is 0.358. The average Bonchev–Trinajstić information content (AvgIpc) is 2.84. The number of carbonyl (C=O) groups is 1. The normalized spacial score (nSPS) is 10.9. The largest absolute Gasteiger partial charge is 0.321 e. The standard InChI is InChI=1S/C27H27N3O2/c1-2-3-4-10-19-30-27(32)24-14-9-8-13-23(24)25(29-30)26(31)28-22-17-15-21(16-18-22)20-11-6-5-7-12-20/h5-9,11-18H,2-4,10,19H2,1H3,(H,28,31). The van der Waals surface area contributed by atoms with Crippen molar-refractivity contribution in [3.8, 4) is 11.1 Å². The molecule has 5 heteroatoms. The minimum Gasteiger partial charge on any atom is -0.321 e. The molecule has 162 valence electrons. The molecular weight excluding hydrogens is 398 g/mol. The van der Waals surface area contributed by atoms with Crippen LogP contribution in [-0.4, -0.2) is 15.7 Å². The minimum absolute atomic E-state index is 0.152. The summed E-state index contributed by atoms with van der Waals surface area (Å²) in [4.78, 5) is 26.0. The predicted octanol–water partition coefficient (Wildman–Crippen LogP) is 5.90. The molecule has 3 aromatic carbocycles. The fourth-order valence-electron chi connectivity index (χ4n) is 3.81.